The Balaban J connectivity index is 1.84. The number of rotatable bonds is 3. The van der Waals surface area contributed by atoms with Crippen LogP contribution in [0.15, 0.2) is 16.6 Å². The lowest BCUT2D eigenvalue weighted by atomic mass is 10.2. The van der Waals surface area contributed by atoms with Gasteiger partial charge in [-0.3, -0.25) is 4.79 Å². The maximum absolute atomic E-state index is 13.2. The lowest BCUT2D eigenvalue weighted by Gasteiger charge is -2.20. The normalized spacial score (nSPS) is 23.2. The fraction of sp³-hybridized carbons (Fsp3) is 0.462. The van der Waals surface area contributed by atoms with Crippen LogP contribution in [0.5, 0.6) is 0 Å². The van der Waals surface area contributed by atoms with E-state index in [2.05, 4.69) is 21.2 Å². The van der Waals surface area contributed by atoms with Gasteiger partial charge in [-0.15, -0.1) is 0 Å². The van der Waals surface area contributed by atoms with Crippen LogP contribution in [0.25, 0.3) is 0 Å². The molecule has 1 aliphatic heterocycles. The van der Waals surface area contributed by atoms with Gasteiger partial charge in [0.05, 0.1) is 16.8 Å². The van der Waals surface area contributed by atoms with Crippen LogP contribution in [0.3, 0.4) is 0 Å². The highest BCUT2D eigenvalue weighted by molar-refractivity contribution is 9.10. The van der Waals surface area contributed by atoms with Gasteiger partial charge >= 0.3 is 0 Å². The van der Waals surface area contributed by atoms with Crippen molar-refractivity contribution in [2.75, 3.05) is 11.4 Å². The van der Waals surface area contributed by atoms with Gasteiger partial charge in [0.25, 0.3) is 0 Å². The molecular weight excluding hydrogens is 335 g/mol. The van der Waals surface area contributed by atoms with Crippen molar-refractivity contribution in [2.24, 2.45) is 0 Å². The smallest absolute Gasteiger partial charge is 0.244 e. The molecule has 1 heterocycles. The van der Waals surface area contributed by atoms with Gasteiger partial charge in [0.2, 0.25) is 5.91 Å². The molecule has 0 spiro atoms. The number of benzene rings is 1. The lowest BCUT2D eigenvalue weighted by Crippen LogP contribution is -2.39. The number of amides is 1. The second kappa shape index (κ2) is 5.04. The SMILES string of the molecule is O=C1C(NC2CC2)CCN1c1c(Cl)cc(F)cc1Br. The first-order valence-electron chi connectivity index (χ1n) is 6.28. The largest absolute Gasteiger partial charge is 0.308 e. The average molecular weight is 348 g/mol. The third-order valence-corrected chi connectivity index (χ3v) is 4.36. The van der Waals surface area contributed by atoms with E-state index in [0.29, 0.717) is 22.7 Å². The van der Waals surface area contributed by atoms with Gasteiger partial charge in [-0.1, -0.05) is 11.6 Å². The number of hydrogen-bond acceptors (Lipinski definition) is 2. The summed E-state index contributed by atoms with van der Waals surface area (Å²) in [5.74, 6) is -0.402. The first-order valence-corrected chi connectivity index (χ1v) is 7.45. The molecule has 2 aliphatic rings. The average Bonchev–Trinajstić information content (AvgIpc) is 3.07. The summed E-state index contributed by atoms with van der Waals surface area (Å²) in [6.07, 6.45) is 3.05. The lowest BCUT2D eigenvalue weighted by molar-refractivity contribution is -0.118. The molecular formula is C13H13BrClFN2O. The first kappa shape index (κ1) is 13.3. The number of hydrogen-bond donors (Lipinski definition) is 1. The molecule has 1 unspecified atom stereocenters. The van der Waals surface area contributed by atoms with Crippen molar-refractivity contribution < 1.29 is 9.18 Å². The van der Waals surface area contributed by atoms with Crippen LogP contribution in [-0.2, 0) is 4.79 Å². The number of halogens is 3. The number of nitrogens with one attached hydrogen (secondary N) is 1. The zero-order valence-electron chi connectivity index (χ0n) is 10.1. The van der Waals surface area contributed by atoms with Crippen LogP contribution in [-0.4, -0.2) is 24.5 Å². The molecule has 19 heavy (non-hydrogen) atoms. The van der Waals surface area contributed by atoms with Crippen molar-refractivity contribution >= 4 is 39.1 Å². The van der Waals surface area contributed by atoms with Gasteiger partial charge in [0.1, 0.15) is 5.82 Å². The van der Waals surface area contributed by atoms with E-state index in [9.17, 15) is 9.18 Å². The van der Waals surface area contributed by atoms with Gasteiger partial charge in [0.15, 0.2) is 0 Å². The van der Waals surface area contributed by atoms with Crippen molar-refractivity contribution in [1.29, 1.82) is 0 Å². The summed E-state index contributed by atoms with van der Waals surface area (Å²) in [7, 11) is 0. The Morgan fingerprint density at radius 1 is 1.37 bits per heavy atom. The van der Waals surface area contributed by atoms with Gasteiger partial charge in [-0.2, -0.15) is 0 Å². The van der Waals surface area contributed by atoms with E-state index >= 15 is 0 Å². The third kappa shape index (κ3) is 2.64. The fourth-order valence-corrected chi connectivity index (χ4v) is 3.45. The Kier molecular flexibility index (Phi) is 3.53. The summed E-state index contributed by atoms with van der Waals surface area (Å²) in [5.41, 5.74) is 0.563. The van der Waals surface area contributed by atoms with Crippen LogP contribution < -0.4 is 10.2 Å². The van der Waals surface area contributed by atoms with Gasteiger partial charge in [0, 0.05) is 17.1 Å². The fourth-order valence-electron chi connectivity index (χ4n) is 2.38. The minimum atomic E-state index is -0.417. The molecule has 0 bridgehead atoms. The number of anilines is 1. The number of carbonyl (C=O) groups is 1. The van der Waals surface area contributed by atoms with Crippen molar-refractivity contribution in [1.82, 2.24) is 5.32 Å². The maximum Gasteiger partial charge on any atom is 0.244 e. The van der Waals surface area contributed by atoms with Gasteiger partial charge < -0.3 is 10.2 Å². The first-order chi connectivity index (χ1) is 9.06. The predicted octanol–water partition coefficient (Wildman–Crippen LogP) is 3.10. The number of carbonyl (C=O) groups excluding carboxylic acids is 1. The van der Waals surface area contributed by atoms with Crippen molar-refractivity contribution in [3.05, 3.63) is 27.4 Å². The molecule has 0 radical (unpaired) electrons. The zero-order valence-corrected chi connectivity index (χ0v) is 12.5. The Labute approximate surface area is 124 Å². The summed E-state index contributed by atoms with van der Waals surface area (Å²) in [6, 6.07) is 2.91. The van der Waals surface area contributed by atoms with E-state index in [1.165, 1.54) is 12.1 Å². The molecule has 3 rings (SSSR count). The van der Waals surface area contributed by atoms with Crippen molar-refractivity contribution in [3.8, 4) is 0 Å². The van der Waals surface area contributed by atoms with E-state index in [4.69, 9.17) is 11.6 Å². The number of nitrogens with zero attached hydrogens (tertiary/aromatic N) is 1. The second-order valence-corrected chi connectivity index (χ2v) is 6.25. The molecule has 1 aromatic rings. The van der Waals surface area contributed by atoms with Crippen LogP contribution in [0.1, 0.15) is 19.3 Å². The molecule has 0 aromatic heterocycles. The standard InChI is InChI=1S/C13H13BrClFN2O/c14-9-5-7(16)6-10(15)12(9)18-4-3-11(13(18)19)17-8-1-2-8/h5-6,8,11,17H,1-4H2. The molecule has 6 heteroatoms. The van der Waals surface area contributed by atoms with Crippen molar-refractivity contribution in [3.63, 3.8) is 0 Å². The Bertz CT molecular complexity index is 512. The maximum atomic E-state index is 13.2. The Morgan fingerprint density at radius 2 is 2.11 bits per heavy atom. The monoisotopic (exact) mass is 346 g/mol. The summed E-state index contributed by atoms with van der Waals surface area (Å²) >= 11 is 9.34. The van der Waals surface area contributed by atoms with Crippen molar-refractivity contribution in [2.45, 2.75) is 31.3 Å². The third-order valence-electron chi connectivity index (χ3n) is 3.47. The van der Waals surface area contributed by atoms with E-state index in [1.54, 1.807) is 4.90 Å². The summed E-state index contributed by atoms with van der Waals surface area (Å²) < 4.78 is 13.7. The highest BCUT2D eigenvalue weighted by Gasteiger charge is 2.37. The quantitative estimate of drug-likeness (QED) is 0.911. The molecule has 1 N–H and O–H groups in total. The van der Waals surface area contributed by atoms with Gasteiger partial charge in [-0.25, -0.2) is 4.39 Å². The predicted molar refractivity (Wildman–Crippen MR) is 76.0 cm³/mol. The van der Waals surface area contributed by atoms with E-state index < -0.39 is 5.82 Å². The highest BCUT2D eigenvalue weighted by Crippen LogP contribution is 2.37. The molecule has 102 valence electrons. The van der Waals surface area contributed by atoms with Gasteiger partial charge in [-0.05, 0) is 47.3 Å². The highest BCUT2D eigenvalue weighted by atomic mass is 79.9. The molecule has 2 fully saturated rings. The zero-order chi connectivity index (χ0) is 13.6. The minimum absolute atomic E-state index is 0.0149. The van der Waals surface area contributed by atoms with Crippen LogP contribution in [0, 0.1) is 5.82 Å². The minimum Gasteiger partial charge on any atom is -0.308 e. The van der Waals surface area contributed by atoms with E-state index in [0.717, 1.165) is 19.3 Å². The molecule has 1 amide bonds. The Morgan fingerprint density at radius 3 is 2.74 bits per heavy atom. The molecule has 1 saturated heterocycles. The van der Waals surface area contributed by atoms with Crippen LogP contribution in [0.4, 0.5) is 10.1 Å². The topological polar surface area (TPSA) is 32.3 Å². The summed E-state index contributed by atoms with van der Waals surface area (Å²) in [5, 5.41) is 3.59. The Hall–Kier alpha value is -0.650. The van der Waals surface area contributed by atoms with E-state index in [1.807, 2.05) is 0 Å². The molecule has 1 saturated carbocycles. The summed E-state index contributed by atoms with van der Waals surface area (Å²) in [4.78, 5) is 14.0. The van der Waals surface area contributed by atoms with Crippen LogP contribution >= 0.6 is 27.5 Å². The second-order valence-electron chi connectivity index (χ2n) is 4.99. The molecule has 1 aromatic carbocycles. The van der Waals surface area contributed by atoms with Crippen LogP contribution in [0.2, 0.25) is 5.02 Å². The molecule has 3 nitrogen and oxygen atoms in total. The summed E-state index contributed by atoms with van der Waals surface area (Å²) in [6.45, 7) is 0.604. The van der Waals surface area contributed by atoms with E-state index in [-0.39, 0.29) is 17.0 Å². The molecule has 1 aliphatic carbocycles. The molecule has 1 atom stereocenters.